The van der Waals surface area contributed by atoms with Crippen molar-refractivity contribution < 1.29 is 13.7 Å². The fourth-order valence-electron chi connectivity index (χ4n) is 3.77. The Bertz CT molecular complexity index is 1040. The van der Waals surface area contributed by atoms with Crippen LogP contribution in [-0.4, -0.2) is 40.6 Å². The molecule has 1 amide bonds. The second-order valence-corrected chi connectivity index (χ2v) is 7.49. The summed E-state index contributed by atoms with van der Waals surface area (Å²) in [7, 11) is 0. The highest BCUT2D eigenvalue weighted by Crippen LogP contribution is 2.31. The summed E-state index contributed by atoms with van der Waals surface area (Å²) in [6, 6.07) is 7.97. The molecule has 1 aliphatic rings. The van der Waals surface area contributed by atoms with Gasteiger partial charge in [0.05, 0.1) is 22.7 Å². The van der Waals surface area contributed by atoms with Gasteiger partial charge in [-0.1, -0.05) is 31.1 Å². The topological polar surface area (TPSA) is 71.3 Å². The van der Waals surface area contributed by atoms with E-state index in [0.717, 1.165) is 11.3 Å². The van der Waals surface area contributed by atoms with E-state index < -0.39 is 0 Å². The Hall–Kier alpha value is -2.51. The van der Waals surface area contributed by atoms with E-state index in [2.05, 4.69) is 15.5 Å². The highest BCUT2D eigenvalue weighted by Gasteiger charge is 2.31. The van der Waals surface area contributed by atoms with Gasteiger partial charge in [-0.25, -0.2) is 9.37 Å². The van der Waals surface area contributed by atoms with Crippen molar-refractivity contribution in [3.8, 4) is 0 Å². The van der Waals surface area contributed by atoms with Crippen molar-refractivity contribution in [3.63, 3.8) is 0 Å². The third-order valence-corrected chi connectivity index (χ3v) is 5.12. The number of hydrogen-bond donors (Lipinski definition) is 1. The summed E-state index contributed by atoms with van der Waals surface area (Å²) in [6.45, 7) is 7.63. The number of piperazine rings is 1. The van der Waals surface area contributed by atoms with E-state index in [9.17, 15) is 9.18 Å². The van der Waals surface area contributed by atoms with Gasteiger partial charge in [0.2, 0.25) is 0 Å². The molecule has 4 rings (SSSR count). The van der Waals surface area contributed by atoms with Crippen LogP contribution in [0.25, 0.3) is 11.1 Å². The SMILES string of the molecule is Cc1cc(C(=O)N2CCNCC2c2cccc(F)c2)c2c(C(C)C)noc2n1.Cl. The van der Waals surface area contributed by atoms with Crippen LogP contribution in [0.5, 0.6) is 0 Å². The second kappa shape index (κ2) is 8.47. The number of pyridine rings is 1. The minimum Gasteiger partial charge on any atom is -0.335 e. The van der Waals surface area contributed by atoms with Gasteiger partial charge in [-0.3, -0.25) is 4.79 Å². The van der Waals surface area contributed by atoms with Gasteiger partial charge in [0.25, 0.3) is 11.6 Å². The Morgan fingerprint density at radius 2 is 2.14 bits per heavy atom. The van der Waals surface area contributed by atoms with Gasteiger partial charge in [-0.2, -0.15) is 0 Å². The van der Waals surface area contributed by atoms with Gasteiger partial charge in [-0.05, 0) is 36.6 Å². The number of halogens is 2. The molecule has 1 aliphatic heterocycles. The predicted molar refractivity (Wildman–Crippen MR) is 111 cm³/mol. The van der Waals surface area contributed by atoms with Crippen LogP contribution in [0.1, 0.15) is 53.1 Å². The molecule has 0 bridgehead atoms. The number of nitrogens with one attached hydrogen (secondary N) is 1. The van der Waals surface area contributed by atoms with Crippen molar-refractivity contribution in [2.24, 2.45) is 0 Å². The zero-order valence-electron chi connectivity index (χ0n) is 16.6. The van der Waals surface area contributed by atoms with E-state index >= 15 is 0 Å². The third-order valence-electron chi connectivity index (χ3n) is 5.12. The van der Waals surface area contributed by atoms with Gasteiger partial charge >= 0.3 is 0 Å². The Labute approximate surface area is 174 Å². The highest BCUT2D eigenvalue weighted by atomic mass is 35.5. The number of carbonyl (C=O) groups is 1. The Morgan fingerprint density at radius 1 is 1.34 bits per heavy atom. The van der Waals surface area contributed by atoms with Gasteiger partial charge in [0, 0.05) is 25.3 Å². The summed E-state index contributed by atoms with van der Waals surface area (Å²) in [5, 5.41) is 8.11. The lowest BCUT2D eigenvalue weighted by Gasteiger charge is -2.36. The fraction of sp³-hybridized carbons (Fsp3) is 0.381. The van der Waals surface area contributed by atoms with Crippen LogP contribution in [0.15, 0.2) is 34.9 Å². The van der Waals surface area contributed by atoms with E-state index in [1.54, 1.807) is 17.0 Å². The lowest BCUT2D eigenvalue weighted by Crippen LogP contribution is -2.48. The molecule has 2 aromatic heterocycles. The summed E-state index contributed by atoms with van der Waals surface area (Å²) >= 11 is 0. The average Bonchev–Trinajstić information content (AvgIpc) is 3.11. The smallest absolute Gasteiger partial charge is 0.259 e. The lowest BCUT2D eigenvalue weighted by molar-refractivity contribution is 0.0635. The first-order chi connectivity index (χ1) is 13.5. The van der Waals surface area contributed by atoms with Crippen LogP contribution in [0.4, 0.5) is 4.39 Å². The minimum absolute atomic E-state index is 0. The monoisotopic (exact) mass is 418 g/mol. The molecule has 1 atom stereocenters. The highest BCUT2D eigenvalue weighted by molar-refractivity contribution is 6.06. The Balaban J connectivity index is 0.00000240. The molecule has 154 valence electrons. The number of fused-ring (bicyclic) bond motifs is 1. The van der Waals surface area contributed by atoms with Crippen molar-refractivity contribution >= 4 is 29.4 Å². The summed E-state index contributed by atoms with van der Waals surface area (Å²) in [6.07, 6.45) is 0. The number of hydrogen-bond acceptors (Lipinski definition) is 5. The zero-order chi connectivity index (χ0) is 19.8. The van der Waals surface area contributed by atoms with E-state index in [-0.39, 0.29) is 36.1 Å². The summed E-state index contributed by atoms with van der Waals surface area (Å²) < 4.78 is 19.2. The molecule has 29 heavy (non-hydrogen) atoms. The molecule has 1 saturated heterocycles. The van der Waals surface area contributed by atoms with Gasteiger partial charge in [0.15, 0.2) is 0 Å². The molecule has 0 aliphatic carbocycles. The van der Waals surface area contributed by atoms with Crippen LogP contribution in [0.2, 0.25) is 0 Å². The average molecular weight is 419 g/mol. The third kappa shape index (κ3) is 3.97. The number of amides is 1. The predicted octanol–water partition coefficient (Wildman–Crippen LogP) is 4.00. The van der Waals surface area contributed by atoms with Crippen LogP contribution >= 0.6 is 12.4 Å². The standard InChI is InChI=1S/C21H23FN4O2.ClH/c1-12(2)19-18-16(9-13(3)24-20(18)28-25-19)21(27)26-8-7-23-11-17(26)14-5-4-6-15(22)10-14;/h4-6,9-10,12,17,23H,7-8,11H2,1-3H3;1H. The normalized spacial score (nSPS) is 16.9. The molecule has 6 nitrogen and oxygen atoms in total. The molecule has 0 spiro atoms. The van der Waals surface area contributed by atoms with Crippen LogP contribution in [0.3, 0.4) is 0 Å². The maximum Gasteiger partial charge on any atom is 0.259 e. The molecular weight excluding hydrogens is 395 g/mol. The van der Waals surface area contributed by atoms with Crippen LogP contribution in [-0.2, 0) is 0 Å². The van der Waals surface area contributed by atoms with Crippen molar-refractivity contribution in [1.82, 2.24) is 20.4 Å². The quantitative estimate of drug-likeness (QED) is 0.696. The van der Waals surface area contributed by atoms with Crippen molar-refractivity contribution in [1.29, 1.82) is 0 Å². The number of benzene rings is 1. The van der Waals surface area contributed by atoms with E-state index in [4.69, 9.17) is 4.52 Å². The Morgan fingerprint density at radius 3 is 2.86 bits per heavy atom. The molecule has 8 heteroatoms. The molecule has 1 N–H and O–H groups in total. The number of carbonyl (C=O) groups excluding carboxylic acids is 1. The molecule has 3 heterocycles. The van der Waals surface area contributed by atoms with E-state index in [0.29, 0.717) is 42.0 Å². The maximum atomic E-state index is 13.8. The first-order valence-electron chi connectivity index (χ1n) is 9.49. The van der Waals surface area contributed by atoms with Gasteiger partial charge in [-0.15, -0.1) is 12.4 Å². The van der Waals surface area contributed by atoms with Gasteiger partial charge in [0.1, 0.15) is 5.82 Å². The summed E-state index contributed by atoms with van der Waals surface area (Å²) in [4.78, 5) is 19.8. The summed E-state index contributed by atoms with van der Waals surface area (Å²) in [5.74, 6) is -0.325. The Kier molecular flexibility index (Phi) is 6.19. The molecule has 0 radical (unpaired) electrons. The molecule has 1 unspecified atom stereocenters. The van der Waals surface area contributed by atoms with E-state index in [1.165, 1.54) is 12.1 Å². The largest absolute Gasteiger partial charge is 0.335 e. The maximum absolute atomic E-state index is 13.8. The van der Waals surface area contributed by atoms with Crippen LogP contribution < -0.4 is 5.32 Å². The van der Waals surface area contributed by atoms with Crippen molar-refractivity contribution in [2.45, 2.75) is 32.7 Å². The molecule has 1 aromatic carbocycles. The molecule has 1 fully saturated rings. The first kappa shape index (κ1) is 21.2. The van der Waals surface area contributed by atoms with Crippen molar-refractivity contribution in [3.05, 3.63) is 58.7 Å². The van der Waals surface area contributed by atoms with Gasteiger partial charge < -0.3 is 14.7 Å². The number of aromatic nitrogens is 2. The molecule has 3 aromatic rings. The zero-order valence-corrected chi connectivity index (χ0v) is 17.4. The van der Waals surface area contributed by atoms with E-state index in [1.807, 2.05) is 26.8 Å². The molecular formula is C21H24ClFN4O2. The molecule has 0 saturated carbocycles. The lowest BCUT2D eigenvalue weighted by atomic mass is 9.99. The number of rotatable bonds is 3. The number of nitrogens with zero attached hydrogens (tertiary/aromatic N) is 3. The second-order valence-electron chi connectivity index (χ2n) is 7.49. The van der Waals surface area contributed by atoms with Crippen LogP contribution in [0, 0.1) is 12.7 Å². The summed E-state index contributed by atoms with van der Waals surface area (Å²) in [5.41, 5.74) is 3.11. The van der Waals surface area contributed by atoms with Crippen molar-refractivity contribution in [2.75, 3.05) is 19.6 Å². The first-order valence-corrected chi connectivity index (χ1v) is 9.49. The minimum atomic E-state index is -0.307. The fourth-order valence-corrected chi connectivity index (χ4v) is 3.77. The number of aryl methyl sites for hydroxylation is 1.